The van der Waals surface area contributed by atoms with Gasteiger partial charge >= 0.3 is 0 Å². The zero-order chi connectivity index (χ0) is 14.8. The summed E-state index contributed by atoms with van der Waals surface area (Å²) in [4.78, 5) is 26.4. The molecule has 0 spiro atoms. The first-order chi connectivity index (χ1) is 10.2. The zero-order valence-electron chi connectivity index (χ0n) is 12.1. The molecule has 0 radical (unpaired) electrons. The van der Waals surface area contributed by atoms with Crippen LogP contribution in [0.3, 0.4) is 0 Å². The lowest BCUT2D eigenvalue weighted by Crippen LogP contribution is -2.35. The Morgan fingerprint density at radius 2 is 1.95 bits per heavy atom. The zero-order valence-corrected chi connectivity index (χ0v) is 12.1. The van der Waals surface area contributed by atoms with E-state index >= 15 is 0 Å². The number of carbonyl (C=O) groups is 2. The average molecular weight is 282 g/mol. The molecule has 1 aliphatic heterocycles. The molecule has 2 aromatic rings. The SMILES string of the molecule is Cn1cccc1C(=O)CN1C(=O)CCCc2ccccc21. The lowest BCUT2D eigenvalue weighted by molar-refractivity contribution is -0.118. The predicted octanol–water partition coefficient (Wildman–Crippen LogP) is 2.58. The molecule has 0 fully saturated rings. The van der Waals surface area contributed by atoms with Gasteiger partial charge in [-0.05, 0) is 36.6 Å². The summed E-state index contributed by atoms with van der Waals surface area (Å²) in [6.07, 6.45) is 4.06. The van der Waals surface area contributed by atoms with Gasteiger partial charge in [0.2, 0.25) is 5.91 Å². The number of aromatic nitrogens is 1. The lowest BCUT2D eigenvalue weighted by atomic mass is 10.1. The summed E-state index contributed by atoms with van der Waals surface area (Å²) in [6.45, 7) is 0.105. The second-order valence-corrected chi connectivity index (χ2v) is 5.39. The monoisotopic (exact) mass is 282 g/mol. The van der Waals surface area contributed by atoms with Gasteiger partial charge in [0.25, 0.3) is 0 Å². The summed E-state index contributed by atoms with van der Waals surface area (Å²) in [5.41, 5.74) is 2.65. The number of aryl methyl sites for hydroxylation is 2. The molecule has 0 N–H and O–H groups in total. The number of rotatable bonds is 3. The van der Waals surface area contributed by atoms with Crippen molar-refractivity contribution in [1.82, 2.24) is 4.57 Å². The first-order valence-electron chi connectivity index (χ1n) is 7.19. The van der Waals surface area contributed by atoms with E-state index in [1.54, 1.807) is 15.5 Å². The van der Waals surface area contributed by atoms with Crippen LogP contribution in [-0.4, -0.2) is 22.8 Å². The number of fused-ring (bicyclic) bond motifs is 1. The molecule has 0 saturated carbocycles. The average Bonchev–Trinajstić information content (AvgIpc) is 2.84. The van der Waals surface area contributed by atoms with E-state index in [1.165, 1.54) is 0 Å². The fourth-order valence-electron chi connectivity index (χ4n) is 2.83. The van der Waals surface area contributed by atoms with Gasteiger partial charge in [-0.15, -0.1) is 0 Å². The van der Waals surface area contributed by atoms with Crippen molar-refractivity contribution in [3.63, 3.8) is 0 Å². The number of carbonyl (C=O) groups excluding carboxylic acids is 2. The fourth-order valence-corrected chi connectivity index (χ4v) is 2.83. The molecule has 1 amide bonds. The Balaban J connectivity index is 1.91. The summed E-state index contributed by atoms with van der Waals surface area (Å²) in [7, 11) is 1.84. The van der Waals surface area contributed by atoms with Gasteiger partial charge in [-0.2, -0.15) is 0 Å². The van der Waals surface area contributed by atoms with Crippen molar-refractivity contribution < 1.29 is 9.59 Å². The molecule has 4 heteroatoms. The molecule has 21 heavy (non-hydrogen) atoms. The number of hydrogen-bond acceptors (Lipinski definition) is 2. The maximum absolute atomic E-state index is 12.4. The molecule has 0 aliphatic carbocycles. The van der Waals surface area contributed by atoms with Crippen molar-refractivity contribution >= 4 is 17.4 Å². The van der Waals surface area contributed by atoms with E-state index in [2.05, 4.69) is 0 Å². The topological polar surface area (TPSA) is 42.3 Å². The normalized spacial score (nSPS) is 14.7. The number of benzene rings is 1. The number of amides is 1. The standard InChI is InChI=1S/C17H18N2O2/c1-18-11-5-9-15(18)16(20)12-19-14-8-3-2-6-13(14)7-4-10-17(19)21/h2-3,5-6,8-9,11H,4,7,10,12H2,1H3. The van der Waals surface area contributed by atoms with Crippen LogP contribution in [0.4, 0.5) is 5.69 Å². The highest BCUT2D eigenvalue weighted by Crippen LogP contribution is 2.26. The van der Waals surface area contributed by atoms with Crippen molar-refractivity contribution in [2.24, 2.45) is 7.05 Å². The number of hydrogen-bond donors (Lipinski definition) is 0. The maximum Gasteiger partial charge on any atom is 0.227 e. The molecule has 108 valence electrons. The van der Waals surface area contributed by atoms with Gasteiger partial charge in [-0.1, -0.05) is 18.2 Å². The molecule has 3 rings (SSSR count). The van der Waals surface area contributed by atoms with Gasteiger partial charge < -0.3 is 9.47 Å². The van der Waals surface area contributed by atoms with Crippen molar-refractivity contribution in [1.29, 1.82) is 0 Å². The van der Waals surface area contributed by atoms with Crippen LogP contribution in [0.25, 0.3) is 0 Å². The van der Waals surface area contributed by atoms with E-state index in [1.807, 2.05) is 43.6 Å². The highest BCUT2D eigenvalue weighted by Gasteiger charge is 2.24. The first kappa shape index (κ1) is 13.6. The summed E-state index contributed by atoms with van der Waals surface area (Å²) < 4.78 is 1.79. The van der Waals surface area contributed by atoms with Crippen molar-refractivity contribution in [3.8, 4) is 0 Å². The number of nitrogens with zero attached hydrogens (tertiary/aromatic N) is 2. The van der Waals surface area contributed by atoms with E-state index in [4.69, 9.17) is 0 Å². The molecule has 0 saturated heterocycles. The van der Waals surface area contributed by atoms with Crippen LogP contribution in [0.15, 0.2) is 42.6 Å². The summed E-state index contributed by atoms with van der Waals surface area (Å²) in [6, 6.07) is 11.5. The molecular weight excluding hydrogens is 264 g/mol. The van der Waals surface area contributed by atoms with Gasteiger partial charge in [0.15, 0.2) is 5.78 Å². The van der Waals surface area contributed by atoms with Gasteiger partial charge in [-0.3, -0.25) is 9.59 Å². The molecular formula is C17H18N2O2. The van der Waals surface area contributed by atoms with Gasteiger partial charge in [0, 0.05) is 25.4 Å². The summed E-state index contributed by atoms with van der Waals surface area (Å²) >= 11 is 0. The van der Waals surface area contributed by atoms with Crippen molar-refractivity contribution in [3.05, 3.63) is 53.9 Å². The van der Waals surface area contributed by atoms with Crippen LogP contribution < -0.4 is 4.90 Å². The van der Waals surface area contributed by atoms with E-state index < -0.39 is 0 Å². The van der Waals surface area contributed by atoms with Crippen LogP contribution in [0, 0.1) is 0 Å². The van der Waals surface area contributed by atoms with Crippen LogP contribution >= 0.6 is 0 Å². The van der Waals surface area contributed by atoms with Crippen molar-refractivity contribution in [2.75, 3.05) is 11.4 Å². The molecule has 1 aromatic heterocycles. The number of ketones is 1. The Bertz CT molecular complexity index is 688. The first-order valence-corrected chi connectivity index (χ1v) is 7.19. The van der Waals surface area contributed by atoms with E-state index in [9.17, 15) is 9.59 Å². The molecule has 0 bridgehead atoms. The second-order valence-electron chi connectivity index (χ2n) is 5.39. The van der Waals surface area contributed by atoms with E-state index in [0.29, 0.717) is 12.1 Å². The lowest BCUT2D eigenvalue weighted by Gasteiger charge is -2.22. The smallest absolute Gasteiger partial charge is 0.227 e. The Morgan fingerprint density at radius 1 is 1.14 bits per heavy atom. The van der Waals surface area contributed by atoms with Crippen molar-refractivity contribution in [2.45, 2.75) is 19.3 Å². The maximum atomic E-state index is 12.4. The fraction of sp³-hybridized carbons (Fsp3) is 0.294. The summed E-state index contributed by atoms with van der Waals surface area (Å²) in [5.74, 6) is -0.00457. The van der Waals surface area contributed by atoms with E-state index in [0.717, 1.165) is 24.1 Å². The number of Topliss-reactive ketones (excluding diaryl/α,β-unsaturated/α-hetero) is 1. The third-order valence-corrected chi connectivity index (χ3v) is 3.95. The van der Waals surface area contributed by atoms with Crippen LogP contribution in [0.1, 0.15) is 28.9 Å². The Morgan fingerprint density at radius 3 is 2.71 bits per heavy atom. The Hall–Kier alpha value is -2.36. The highest BCUT2D eigenvalue weighted by molar-refractivity contribution is 6.05. The summed E-state index contributed by atoms with van der Waals surface area (Å²) in [5, 5.41) is 0. The second kappa shape index (κ2) is 5.56. The minimum absolute atomic E-state index is 0.0301. The molecule has 1 aromatic carbocycles. The predicted molar refractivity (Wildman–Crippen MR) is 81.5 cm³/mol. The number of anilines is 1. The number of para-hydroxylation sites is 1. The quantitative estimate of drug-likeness (QED) is 0.812. The molecule has 4 nitrogen and oxygen atoms in total. The molecule has 0 unspecified atom stereocenters. The van der Waals surface area contributed by atoms with Gasteiger partial charge in [0.05, 0.1) is 12.2 Å². The highest BCUT2D eigenvalue weighted by atomic mass is 16.2. The largest absolute Gasteiger partial charge is 0.348 e. The third-order valence-electron chi connectivity index (χ3n) is 3.95. The minimum Gasteiger partial charge on any atom is -0.348 e. The van der Waals surface area contributed by atoms with Gasteiger partial charge in [0.1, 0.15) is 0 Å². The minimum atomic E-state index is -0.0347. The van der Waals surface area contributed by atoms with Crippen LogP contribution in [0.5, 0.6) is 0 Å². The van der Waals surface area contributed by atoms with Crippen LogP contribution in [-0.2, 0) is 18.3 Å². The molecule has 1 aliphatic rings. The third kappa shape index (κ3) is 2.61. The molecule has 0 atom stereocenters. The van der Waals surface area contributed by atoms with Crippen LogP contribution in [0.2, 0.25) is 0 Å². The molecule has 2 heterocycles. The Labute approximate surface area is 124 Å². The van der Waals surface area contributed by atoms with E-state index in [-0.39, 0.29) is 18.2 Å². The Kier molecular flexibility index (Phi) is 3.60. The van der Waals surface area contributed by atoms with Gasteiger partial charge in [-0.25, -0.2) is 0 Å².